The fourth-order valence-electron chi connectivity index (χ4n) is 4.83. The summed E-state index contributed by atoms with van der Waals surface area (Å²) < 4.78 is 32.5. The Morgan fingerprint density at radius 2 is 0.897 bits per heavy atom. The third-order valence-corrected chi connectivity index (χ3v) is 7.48. The van der Waals surface area contributed by atoms with E-state index in [0.717, 1.165) is 114 Å². The number of rotatable bonds is 12. The maximum absolute atomic E-state index is 14.0. The molecule has 0 aromatic rings. The van der Waals surface area contributed by atoms with Crippen LogP contribution in [0.5, 0.6) is 0 Å². The van der Waals surface area contributed by atoms with Crippen molar-refractivity contribution in [3.8, 4) is 0 Å². The van der Waals surface area contributed by atoms with Crippen molar-refractivity contribution in [3.05, 3.63) is 34.0 Å². The lowest BCUT2D eigenvalue weighted by Gasteiger charge is -2.23. The van der Waals surface area contributed by atoms with Crippen LogP contribution in [-0.2, 0) is 18.1 Å². The van der Waals surface area contributed by atoms with Crippen molar-refractivity contribution >= 4 is 7.82 Å². The third-order valence-electron chi connectivity index (χ3n) is 6.15. The molecule has 0 aromatic heterocycles. The molecule has 0 radical (unpaired) electrons. The Balaban J connectivity index is 1.86. The Hall–Kier alpha value is -1.15. The number of hydrogen-bond acceptors (Lipinski definition) is 4. The minimum Gasteiger partial charge on any atom is -0.391 e. The van der Waals surface area contributed by atoms with Gasteiger partial charge in [0.1, 0.15) is 17.3 Å². The van der Waals surface area contributed by atoms with Gasteiger partial charge >= 0.3 is 7.82 Å². The molecular weight excluding hydrogens is 383 g/mol. The van der Waals surface area contributed by atoms with E-state index in [4.69, 9.17) is 13.6 Å². The van der Waals surface area contributed by atoms with E-state index >= 15 is 0 Å². The summed E-state index contributed by atoms with van der Waals surface area (Å²) in [5, 5.41) is 0. The van der Waals surface area contributed by atoms with Crippen molar-refractivity contribution in [1.29, 1.82) is 0 Å². The van der Waals surface area contributed by atoms with Gasteiger partial charge in [-0.15, -0.1) is 0 Å². The van der Waals surface area contributed by atoms with Gasteiger partial charge in [-0.1, -0.05) is 40.0 Å². The van der Waals surface area contributed by atoms with Crippen molar-refractivity contribution in [2.24, 2.45) is 0 Å². The van der Waals surface area contributed by atoms with Crippen molar-refractivity contribution < 1.29 is 18.1 Å². The summed E-state index contributed by atoms with van der Waals surface area (Å²) in [6, 6.07) is 0. The average Bonchev–Trinajstić information content (AvgIpc) is 3.41. The second-order valence-electron chi connectivity index (χ2n) is 8.61. The molecular formula is C24H39O4P. The van der Waals surface area contributed by atoms with Crippen LogP contribution in [0.25, 0.3) is 0 Å². The van der Waals surface area contributed by atoms with Gasteiger partial charge in [0.05, 0.1) is 0 Å². The Morgan fingerprint density at radius 3 is 1.17 bits per heavy atom. The first kappa shape index (κ1) is 22.5. The fourth-order valence-corrected chi connectivity index (χ4v) is 6.41. The van der Waals surface area contributed by atoms with Crippen LogP contribution < -0.4 is 0 Å². The standard InChI is InChI=1S/C24H39O4P/c1-4-10-19-13-7-16-22(19)26-29(25,27-23-17-8-14-20(23)11-5-2)28-24-18-9-15-21(24)12-6-3/h4-18H2,1-3H3. The number of phosphoric ester groups is 1. The predicted octanol–water partition coefficient (Wildman–Crippen LogP) is 8.86. The Bertz CT molecular complexity index is 621. The molecule has 0 N–H and O–H groups in total. The van der Waals surface area contributed by atoms with Gasteiger partial charge in [0.15, 0.2) is 0 Å². The molecule has 5 heteroatoms. The summed E-state index contributed by atoms with van der Waals surface area (Å²) in [4.78, 5) is 0. The lowest BCUT2D eigenvalue weighted by Crippen LogP contribution is -2.02. The summed E-state index contributed by atoms with van der Waals surface area (Å²) in [5.74, 6) is 2.59. The van der Waals surface area contributed by atoms with Gasteiger partial charge in [-0.05, 0) is 74.5 Å². The molecule has 3 aliphatic carbocycles. The zero-order valence-electron chi connectivity index (χ0n) is 18.7. The second kappa shape index (κ2) is 10.8. The lowest BCUT2D eigenvalue weighted by molar-refractivity contribution is 0.184. The van der Waals surface area contributed by atoms with Crippen LogP contribution >= 0.6 is 7.82 Å². The van der Waals surface area contributed by atoms with Crippen LogP contribution in [0.2, 0.25) is 0 Å². The van der Waals surface area contributed by atoms with Crippen LogP contribution in [0.4, 0.5) is 0 Å². The van der Waals surface area contributed by atoms with Gasteiger partial charge in [0.25, 0.3) is 0 Å². The first-order chi connectivity index (χ1) is 14.1. The van der Waals surface area contributed by atoms with E-state index in [-0.39, 0.29) is 0 Å². The van der Waals surface area contributed by atoms with Gasteiger partial charge in [-0.25, -0.2) is 0 Å². The number of phosphoric acid groups is 1. The molecule has 0 unspecified atom stereocenters. The quantitative estimate of drug-likeness (QED) is 0.295. The summed E-state index contributed by atoms with van der Waals surface area (Å²) >= 11 is 0. The number of allylic oxidation sites excluding steroid dienone is 6. The highest BCUT2D eigenvalue weighted by molar-refractivity contribution is 7.48. The Kier molecular flexibility index (Phi) is 8.35. The van der Waals surface area contributed by atoms with E-state index in [9.17, 15) is 4.57 Å². The molecule has 29 heavy (non-hydrogen) atoms. The third kappa shape index (κ3) is 5.94. The van der Waals surface area contributed by atoms with Crippen molar-refractivity contribution in [3.63, 3.8) is 0 Å². The van der Waals surface area contributed by atoms with Crippen molar-refractivity contribution in [2.45, 2.75) is 117 Å². The zero-order valence-corrected chi connectivity index (χ0v) is 19.6. The molecule has 3 rings (SSSR count). The average molecular weight is 423 g/mol. The van der Waals surface area contributed by atoms with E-state index in [1.165, 1.54) is 16.7 Å². The predicted molar refractivity (Wildman–Crippen MR) is 118 cm³/mol. The maximum atomic E-state index is 14.0. The van der Waals surface area contributed by atoms with Gasteiger partial charge < -0.3 is 13.6 Å². The van der Waals surface area contributed by atoms with Crippen molar-refractivity contribution in [1.82, 2.24) is 0 Å². The zero-order chi connectivity index (χ0) is 20.7. The van der Waals surface area contributed by atoms with Crippen LogP contribution in [0.3, 0.4) is 0 Å². The molecule has 0 bridgehead atoms. The van der Waals surface area contributed by atoms with Crippen molar-refractivity contribution in [2.75, 3.05) is 0 Å². The highest BCUT2D eigenvalue weighted by Gasteiger charge is 2.39. The van der Waals surface area contributed by atoms with E-state index in [0.29, 0.717) is 0 Å². The summed E-state index contributed by atoms with van der Waals surface area (Å²) in [7, 11) is -3.72. The smallest absolute Gasteiger partial charge is 0.391 e. The minimum absolute atomic E-state index is 0.841. The first-order valence-electron chi connectivity index (χ1n) is 11.9. The first-order valence-corrected chi connectivity index (χ1v) is 13.4. The minimum atomic E-state index is -3.72. The number of hydrogen-bond donors (Lipinski definition) is 0. The molecule has 0 aromatic carbocycles. The van der Waals surface area contributed by atoms with E-state index in [1.54, 1.807) is 0 Å². The van der Waals surface area contributed by atoms with Gasteiger partial charge in [-0.2, -0.15) is 4.57 Å². The molecule has 164 valence electrons. The molecule has 0 spiro atoms. The summed E-state index contributed by atoms with van der Waals surface area (Å²) in [5.41, 5.74) is 3.88. The Morgan fingerprint density at radius 1 is 0.586 bits per heavy atom. The molecule has 0 fully saturated rings. The van der Waals surface area contributed by atoms with Crippen LogP contribution in [0.15, 0.2) is 34.0 Å². The van der Waals surface area contributed by atoms with Gasteiger partial charge in [0.2, 0.25) is 0 Å². The molecule has 0 heterocycles. The van der Waals surface area contributed by atoms with Crippen LogP contribution in [0.1, 0.15) is 117 Å². The van der Waals surface area contributed by atoms with E-state index < -0.39 is 7.82 Å². The molecule has 4 nitrogen and oxygen atoms in total. The SMILES string of the molecule is CCCC1=C(OP(=O)(OC2=C(CCC)CCC2)OC2=C(CCC)CCC2)CCC1. The van der Waals surface area contributed by atoms with Crippen LogP contribution in [0, 0.1) is 0 Å². The molecule has 0 saturated carbocycles. The summed E-state index contributed by atoms with van der Waals surface area (Å²) in [6.07, 6.45) is 15.1. The lowest BCUT2D eigenvalue weighted by atomic mass is 10.1. The van der Waals surface area contributed by atoms with Gasteiger partial charge in [0, 0.05) is 19.3 Å². The topological polar surface area (TPSA) is 44.8 Å². The second-order valence-corrected chi connectivity index (χ2v) is 10.1. The normalized spacial score (nSPS) is 20.2. The summed E-state index contributed by atoms with van der Waals surface area (Å²) in [6.45, 7) is 6.53. The maximum Gasteiger partial charge on any atom is 0.646 e. The largest absolute Gasteiger partial charge is 0.646 e. The molecule has 0 amide bonds. The van der Waals surface area contributed by atoms with Gasteiger partial charge in [-0.3, -0.25) is 0 Å². The molecule has 0 aliphatic heterocycles. The van der Waals surface area contributed by atoms with E-state index in [2.05, 4.69) is 20.8 Å². The van der Waals surface area contributed by atoms with E-state index in [1.807, 2.05) is 0 Å². The molecule has 3 aliphatic rings. The highest BCUT2D eigenvalue weighted by atomic mass is 31.2. The molecule has 0 saturated heterocycles. The Labute approximate surface area is 177 Å². The fraction of sp³-hybridized carbons (Fsp3) is 0.750. The highest BCUT2D eigenvalue weighted by Crippen LogP contribution is 2.59. The van der Waals surface area contributed by atoms with Crippen LogP contribution in [-0.4, -0.2) is 0 Å². The molecule has 0 atom stereocenters. The monoisotopic (exact) mass is 422 g/mol.